The van der Waals surface area contributed by atoms with E-state index in [0.717, 1.165) is 41.6 Å². The van der Waals surface area contributed by atoms with E-state index in [4.69, 9.17) is 14.2 Å². The van der Waals surface area contributed by atoms with Crippen molar-refractivity contribution >= 4 is 11.6 Å². The van der Waals surface area contributed by atoms with Gasteiger partial charge < -0.3 is 24.4 Å². The maximum atomic E-state index is 11.2. The number of rotatable bonds is 5. The van der Waals surface area contributed by atoms with Crippen LogP contribution >= 0.6 is 0 Å². The Balaban J connectivity index is 1.31. The average Bonchev–Trinajstić information content (AvgIpc) is 2.64. The Morgan fingerprint density at radius 2 is 1.81 bits per heavy atom. The predicted molar refractivity (Wildman–Crippen MR) is 103 cm³/mol. The predicted octanol–water partition coefficient (Wildman–Crippen LogP) is 2.92. The van der Waals surface area contributed by atoms with Crippen LogP contribution < -0.4 is 24.4 Å². The first-order chi connectivity index (χ1) is 13.1. The number of hydrogen-bond acceptors (Lipinski definition) is 5. The van der Waals surface area contributed by atoms with Crippen molar-refractivity contribution in [2.45, 2.75) is 26.0 Å². The molecule has 6 heteroatoms. The first-order valence-electron chi connectivity index (χ1n) is 9.27. The third kappa shape index (κ3) is 3.94. The number of carbonyl (C=O) groups excluding carboxylic acids is 1. The van der Waals surface area contributed by atoms with E-state index in [2.05, 4.69) is 16.3 Å². The molecular formula is C21H24N2O4. The summed E-state index contributed by atoms with van der Waals surface area (Å²) in [5.41, 5.74) is 2.18. The van der Waals surface area contributed by atoms with Crippen molar-refractivity contribution in [2.24, 2.45) is 0 Å². The number of anilines is 1. The number of benzene rings is 2. The number of nitrogens with one attached hydrogen (secondary N) is 1. The lowest BCUT2D eigenvalue weighted by molar-refractivity contribution is -0.119. The van der Waals surface area contributed by atoms with E-state index in [1.807, 2.05) is 43.3 Å². The summed E-state index contributed by atoms with van der Waals surface area (Å²) >= 11 is 0. The van der Waals surface area contributed by atoms with Gasteiger partial charge in [0.2, 0.25) is 5.91 Å². The molecule has 1 N–H and O–H groups in total. The topological polar surface area (TPSA) is 60.0 Å². The maximum Gasteiger partial charge on any atom is 0.217 e. The van der Waals surface area contributed by atoms with E-state index < -0.39 is 0 Å². The molecule has 6 nitrogen and oxygen atoms in total. The van der Waals surface area contributed by atoms with Gasteiger partial charge in [0.15, 0.2) is 11.5 Å². The van der Waals surface area contributed by atoms with Crippen molar-refractivity contribution in [1.82, 2.24) is 5.32 Å². The van der Waals surface area contributed by atoms with Crippen LogP contribution in [0, 0.1) is 0 Å². The molecule has 2 aliphatic rings. The normalized spacial score (nSPS) is 17.0. The zero-order valence-corrected chi connectivity index (χ0v) is 15.6. The molecule has 1 atom stereocenters. The summed E-state index contributed by atoms with van der Waals surface area (Å²) in [6.45, 7) is 6.37. The van der Waals surface area contributed by atoms with Crippen LogP contribution in [0.15, 0.2) is 42.5 Å². The number of nitrogens with zero attached hydrogens (tertiary/aromatic N) is 1. The fraction of sp³-hybridized carbons (Fsp3) is 0.381. The van der Waals surface area contributed by atoms with Crippen molar-refractivity contribution in [3.63, 3.8) is 0 Å². The fourth-order valence-corrected chi connectivity index (χ4v) is 3.37. The van der Waals surface area contributed by atoms with Crippen LogP contribution in [0.3, 0.4) is 0 Å². The molecule has 0 spiro atoms. The molecule has 2 heterocycles. The number of amides is 1. The number of hydrogen-bond donors (Lipinski definition) is 1. The molecule has 0 saturated carbocycles. The highest BCUT2D eigenvalue weighted by Gasteiger charge is 2.29. The minimum absolute atomic E-state index is 0.00838. The minimum atomic E-state index is -0.0310. The number of fused-ring (bicyclic) bond motifs is 1. The Kier molecular flexibility index (Phi) is 4.79. The van der Waals surface area contributed by atoms with Crippen LogP contribution in [0.4, 0.5) is 5.69 Å². The maximum absolute atomic E-state index is 11.2. The smallest absolute Gasteiger partial charge is 0.217 e. The summed E-state index contributed by atoms with van der Waals surface area (Å²) < 4.78 is 17.3. The summed E-state index contributed by atoms with van der Waals surface area (Å²) in [6, 6.07) is 13.9. The molecule has 2 aliphatic heterocycles. The van der Waals surface area contributed by atoms with Crippen molar-refractivity contribution < 1.29 is 19.0 Å². The Morgan fingerprint density at radius 1 is 1.11 bits per heavy atom. The Morgan fingerprint density at radius 3 is 2.52 bits per heavy atom. The van der Waals surface area contributed by atoms with Crippen LogP contribution in [-0.2, 0) is 4.79 Å². The van der Waals surface area contributed by atoms with E-state index in [1.54, 1.807) is 0 Å². The molecule has 0 aliphatic carbocycles. The molecule has 0 bridgehead atoms. The summed E-state index contributed by atoms with van der Waals surface area (Å²) in [7, 11) is 0. The van der Waals surface area contributed by atoms with Crippen LogP contribution in [-0.4, -0.2) is 38.3 Å². The summed E-state index contributed by atoms with van der Waals surface area (Å²) in [5, 5.41) is 2.88. The quantitative estimate of drug-likeness (QED) is 0.879. The van der Waals surface area contributed by atoms with Gasteiger partial charge in [0.25, 0.3) is 0 Å². The van der Waals surface area contributed by atoms with Gasteiger partial charge in [-0.05, 0) is 36.8 Å². The first-order valence-corrected chi connectivity index (χ1v) is 9.27. The lowest BCUT2D eigenvalue weighted by atomic mass is 10.1. The Hall–Kier alpha value is -2.89. The third-order valence-electron chi connectivity index (χ3n) is 4.84. The fourth-order valence-electron chi connectivity index (χ4n) is 3.37. The van der Waals surface area contributed by atoms with E-state index in [9.17, 15) is 4.79 Å². The highest BCUT2D eigenvalue weighted by Crippen LogP contribution is 2.35. The molecule has 1 saturated heterocycles. The van der Waals surface area contributed by atoms with Gasteiger partial charge in [-0.25, -0.2) is 0 Å². The summed E-state index contributed by atoms with van der Waals surface area (Å²) in [6.07, 6.45) is 0.164. The van der Waals surface area contributed by atoms with Gasteiger partial charge >= 0.3 is 0 Å². The van der Waals surface area contributed by atoms with E-state index in [-0.39, 0.29) is 18.1 Å². The largest absolute Gasteiger partial charge is 0.487 e. The van der Waals surface area contributed by atoms with Gasteiger partial charge in [0, 0.05) is 18.7 Å². The molecule has 142 valence electrons. The average molecular weight is 368 g/mol. The lowest BCUT2D eigenvalue weighted by Crippen LogP contribution is -2.54. The van der Waals surface area contributed by atoms with Crippen LogP contribution in [0.25, 0.3) is 0 Å². The van der Waals surface area contributed by atoms with Gasteiger partial charge in [-0.1, -0.05) is 12.1 Å². The molecular weight excluding hydrogens is 344 g/mol. The molecule has 2 aromatic rings. The van der Waals surface area contributed by atoms with E-state index >= 15 is 0 Å². The molecule has 2 aromatic carbocycles. The molecule has 1 fully saturated rings. The lowest BCUT2D eigenvalue weighted by Gasteiger charge is -2.41. The van der Waals surface area contributed by atoms with Gasteiger partial charge in [0.05, 0.1) is 19.1 Å². The van der Waals surface area contributed by atoms with Crippen molar-refractivity contribution in [2.75, 3.05) is 31.2 Å². The van der Waals surface area contributed by atoms with Crippen molar-refractivity contribution in [3.05, 3.63) is 48.0 Å². The molecule has 0 aromatic heterocycles. The zero-order valence-electron chi connectivity index (χ0n) is 15.6. The second kappa shape index (κ2) is 7.39. The first kappa shape index (κ1) is 17.5. The second-order valence-corrected chi connectivity index (χ2v) is 6.96. The van der Waals surface area contributed by atoms with Crippen molar-refractivity contribution in [1.29, 1.82) is 0 Å². The van der Waals surface area contributed by atoms with E-state index in [1.165, 1.54) is 6.92 Å². The molecule has 4 rings (SSSR count). The van der Waals surface area contributed by atoms with Gasteiger partial charge in [0.1, 0.15) is 25.1 Å². The Labute approximate surface area is 159 Å². The monoisotopic (exact) mass is 368 g/mol. The van der Waals surface area contributed by atoms with Crippen LogP contribution in [0.5, 0.6) is 17.2 Å². The summed E-state index contributed by atoms with van der Waals surface area (Å²) in [5.74, 6) is 2.44. The van der Waals surface area contributed by atoms with E-state index in [0.29, 0.717) is 13.2 Å². The molecule has 1 amide bonds. The van der Waals surface area contributed by atoms with Crippen LogP contribution in [0.2, 0.25) is 0 Å². The molecule has 27 heavy (non-hydrogen) atoms. The Bertz CT molecular complexity index is 815. The van der Waals surface area contributed by atoms with Gasteiger partial charge in [-0.15, -0.1) is 0 Å². The summed E-state index contributed by atoms with van der Waals surface area (Å²) in [4.78, 5) is 13.4. The number of carbonyl (C=O) groups is 1. The standard InChI is InChI=1S/C21H24N2O4/c1-14(22-15(2)24)16-3-6-18(7-4-16)27-19-12-23(13-19)17-5-8-20-21(11-17)26-10-9-25-20/h3-8,11,14,19H,9-10,12-13H2,1-2H3,(H,22,24). The number of ether oxygens (including phenoxy) is 3. The zero-order chi connectivity index (χ0) is 18.8. The highest BCUT2D eigenvalue weighted by molar-refractivity contribution is 5.73. The van der Waals surface area contributed by atoms with Crippen molar-refractivity contribution in [3.8, 4) is 17.2 Å². The molecule has 1 unspecified atom stereocenters. The third-order valence-corrected chi connectivity index (χ3v) is 4.84. The second-order valence-electron chi connectivity index (χ2n) is 6.96. The molecule has 0 radical (unpaired) electrons. The van der Waals surface area contributed by atoms with Crippen LogP contribution in [0.1, 0.15) is 25.5 Å². The highest BCUT2D eigenvalue weighted by atomic mass is 16.6. The van der Waals surface area contributed by atoms with Gasteiger partial charge in [-0.3, -0.25) is 4.79 Å². The SMILES string of the molecule is CC(=O)NC(C)c1ccc(OC2CN(c3ccc4c(c3)OCCO4)C2)cc1. The van der Waals surface area contributed by atoms with Gasteiger partial charge in [-0.2, -0.15) is 0 Å². The minimum Gasteiger partial charge on any atom is -0.487 e.